The van der Waals surface area contributed by atoms with Gasteiger partial charge in [0, 0.05) is 18.3 Å². The first-order chi connectivity index (χ1) is 10.0. The van der Waals surface area contributed by atoms with E-state index in [1.165, 1.54) is 12.1 Å². The summed E-state index contributed by atoms with van der Waals surface area (Å²) >= 11 is 3.42. The van der Waals surface area contributed by atoms with Crippen molar-refractivity contribution in [3.63, 3.8) is 0 Å². The lowest BCUT2D eigenvalue weighted by Crippen LogP contribution is -2.01. The van der Waals surface area contributed by atoms with Crippen molar-refractivity contribution < 1.29 is 19.0 Å². The molecule has 112 valence electrons. The fourth-order valence-corrected chi connectivity index (χ4v) is 2.55. The number of hydrogen-bond donors (Lipinski definition) is 2. The average Bonchev–Trinajstić information content (AvgIpc) is 2.47. The van der Waals surface area contributed by atoms with Crippen molar-refractivity contribution in [2.45, 2.75) is 6.54 Å². The van der Waals surface area contributed by atoms with E-state index in [9.17, 15) is 4.39 Å². The van der Waals surface area contributed by atoms with Crippen molar-refractivity contribution in [3.05, 3.63) is 46.2 Å². The van der Waals surface area contributed by atoms with Crippen molar-refractivity contribution in [2.75, 3.05) is 19.5 Å². The minimum absolute atomic E-state index is 0.366. The van der Waals surface area contributed by atoms with Crippen LogP contribution in [-0.2, 0) is 6.54 Å². The van der Waals surface area contributed by atoms with Gasteiger partial charge in [-0.15, -0.1) is 0 Å². The number of methoxy groups -OCH3 is 2. The van der Waals surface area contributed by atoms with Gasteiger partial charge in [0.1, 0.15) is 0 Å². The molecule has 21 heavy (non-hydrogen) atoms. The van der Waals surface area contributed by atoms with E-state index in [0.717, 1.165) is 10.0 Å². The van der Waals surface area contributed by atoms with Gasteiger partial charge in [0.15, 0.2) is 23.1 Å². The van der Waals surface area contributed by atoms with Crippen LogP contribution in [0.1, 0.15) is 5.56 Å². The predicted molar refractivity (Wildman–Crippen MR) is 82.6 cm³/mol. The Hall–Kier alpha value is -1.95. The fraction of sp³-hybridized carbons (Fsp3) is 0.200. The number of phenolic OH excluding ortho intramolecular Hbond substituents is 1. The standard InChI is InChI=1S/C15H15BrFNO3/c1-20-14-6-9(5-11(16)15(14)21-2)8-18-10-3-4-13(19)12(17)7-10/h3-7,18-19H,8H2,1-2H3. The number of nitrogens with one attached hydrogen (secondary N) is 1. The zero-order valence-corrected chi connectivity index (χ0v) is 13.2. The Morgan fingerprint density at radius 3 is 2.57 bits per heavy atom. The number of anilines is 1. The van der Waals surface area contributed by atoms with Gasteiger partial charge in [-0.25, -0.2) is 4.39 Å². The van der Waals surface area contributed by atoms with Crippen LogP contribution in [0.3, 0.4) is 0 Å². The fourth-order valence-electron chi connectivity index (χ4n) is 1.89. The molecule has 4 nitrogen and oxygen atoms in total. The van der Waals surface area contributed by atoms with Gasteiger partial charge in [0.25, 0.3) is 0 Å². The highest BCUT2D eigenvalue weighted by Crippen LogP contribution is 2.36. The molecule has 0 saturated heterocycles. The molecule has 0 unspecified atom stereocenters. The largest absolute Gasteiger partial charge is 0.505 e. The Morgan fingerprint density at radius 2 is 1.95 bits per heavy atom. The summed E-state index contributed by atoms with van der Waals surface area (Å²) in [5.41, 5.74) is 1.52. The van der Waals surface area contributed by atoms with E-state index in [1.54, 1.807) is 20.3 Å². The molecule has 0 saturated carbocycles. The number of halogens is 2. The first kappa shape index (κ1) is 15.4. The molecule has 2 aromatic carbocycles. The van der Waals surface area contributed by atoms with Crippen LogP contribution in [0.4, 0.5) is 10.1 Å². The van der Waals surface area contributed by atoms with Crippen LogP contribution in [-0.4, -0.2) is 19.3 Å². The topological polar surface area (TPSA) is 50.7 Å². The van der Waals surface area contributed by atoms with E-state index in [1.807, 2.05) is 12.1 Å². The molecule has 2 N–H and O–H groups in total. The van der Waals surface area contributed by atoms with Gasteiger partial charge in [-0.05, 0) is 45.8 Å². The summed E-state index contributed by atoms with van der Waals surface area (Å²) in [6.45, 7) is 0.475. The van der Waals surface area contributed by atoms with Gasteiger partial charge in [-0.2, -0.15) is 0 Å². The Morgan fingerprint density at radius 1 is 1.19 bits per heavy atom. The summed E-state index contributed by atoms with van der Waals surface area (Å²) in [6.07, 6.45) is 0. The number of phenols is 1. The highest BCUT2D eigenvalue weighted by Gasteiger charge is 2.10. The molecule has 0 heterocycles. The van der Waals surface area contributed by atoms with E-state index in [2.05, 4.69) is 21.2 Å². The van der Waals surface area contributed by atoms with E-state index in [4.69, 9.17) is 14.6 Å². The number of hydrogen-bond acceptors (Lipinski definition) is 4. The molecule has 2 aromatic rings. The molecule has 0 radical (unpaired) electrons. The maximum absolute atomic E-state index is 13.3. The molecule has 6 heteroatoms. The van der Waals surface area contributed by atoms with Gasteiger partial charge in [0.2, 0.25) is 0 Å². The number of benzene rings is 2. The van der Waals surface area contributed by atoms with Crippen LogP contribution >= 0.6 is 15.9 Å². The Kier molecular flexibility index (Phi) is 4.90. The summed E-state index contributed by atoms with van der Waals surface area (Å²) < 4.78 is 24.5. The third-order valence-corrected chi connectivity index (χ3v) is 3.53. The number of aromatic hydroxyl groups is 1. The molecule has 0 fully saturated rings. The molecule has 0 spiro atoms. The minimum atomic E-state index is -0.659. The lowest BCUT2D eigenvalue weighted by molar-refractivity contribution is 0.352. The Balaban J connectivity index is 2.16. The van der Waals surface area contributed by atoms with Gasteiger partial charge < -0.3 is 19.9 Å². The average molecular weight is 356 g/mol. The minimum Gasteiger partial charge on any atom is -0.505 e. The molecule has 0 aliphatic carbocycles. The summed E-state index contributed by atoms with van der Waals surface area (Å²) in [7, 11) is 3.14. The van der Waals surface area contributed by atoms with Crippen LogP contribution in [0.5, 0.6) is 17.2 Å². The van der Waals surface area contributed by atoms with Crippen LogP contribution in [0.2, 0.25) is 0 Å². The van der Waals surface area contributed by atoms with E-state index in [-0.39, 0.29) is 5.75 Å². The van der Waals surface area contributed by atoms with Crippen molar-refractivity contribution in [1.82, 2.24) is 0 Å². The van der Waals surface area contributed by atoms with E-state index >= 15 is 0 Å². The van der Waals surface area contributed by atoms with E-state index in [0.29, 0.717) is 23.7 Å². The molecule has 0 bridgehead atoms. The van der Waals surface area contributed by atoms with Crippen molar-refractivity contribution in [2.24, 2.45) is 0 Å². The smallest absolute Gasteiger partial charge is 0.174 e. The second-order valence-corrected chi connectivity index (χ2v) is 5.19. The maximum atomic E-state index is 13.3. The lowest BCUT2D eigenvalue weighted by Gasteiger charge is -2.13. The highest BCUT2D eigenvalue weighted by atomic mass is 79.9. The summed E-state index contributed by atoms with van der Waals surface area (Å²) in [5, 5.41) is 12.2. The normalized spacial score (nSPS) is 10.3. The highest BCUT2D eigenvalue weighted by molar-refractivity contribution is 9.10. The lowest BCUT2D eigenvalue weighted by atomic mass is 10.2. The molecule has 0 aliphatic heterocycles. The predicted octanol–water partition coefficient (Wildman–Crippen LogP) is 3.92. The van der Waals surface area contributed by atoms with Gasteiger partial charge in [0.05, 0.1) is 18.7 Å². The Labute approximate surface area is 130 Å². The molecule has 0 atom stereocenters. The third kappa shape index (κ3) is 3.58. The zero-order valence-electron chi connectivity index (χ0n) is 11.6. The van der Waals surface area contributed by atoms with Crippen molar-refractivity contribution in [3.8, 4) is 17.2 Å². The zero-order chi connectivity index (χ0) is 15.4. The Bertz CT molecular complexity index is 649. The van der Waals surface area contributed by atoms with Gasteiger partial charge >= 0.3 is 0 Å². The second kappa shape index (κ2) is 6.67. The van der Waals surface area contributed by atoms with Crippen LogP contribution in [0, 0.1) is 5.82 Å². The molecular formula is C15H15BrFNO3. The van der Waals surface area contributed by atoms with Crippen molar-refractivity contribution in [1.29, 1.82) is 0 Å². The van der Waals surface area contributed by atoms with E-state index < -0.39 is 5.82 Å². The summed E-state index contributed by atoms with van der Waals surface area (Å²) in [4.78, 5) is 0. The molecular weight excluding hydrogens is 341 g/mol. The number of ether oxygens (including phenoxy) is 2. The molecule has 0 aliphatic rings. The summed E-state index contributed by atoms with van der Waals surface area (Å²) in [5.74, 6) is 0.209. The summed E-state index contributed by atoms with van der Waals surface area (Å²) in [6, 6.07) is 7.89. The van der Waals surface area contributed by atoms with Gasteiger partial charge in [-0.1, -0.05) is 0 Å². The number of rotatable bonds is 5. The SMILES string of the molecule is COc1cc(CNc2ccc(O)c(F)c2)cc(Br)c1OC. The molecule has 0 amide bonds. The maximum Gasteiger partial charge on any atom is 0.174 e. The van der Waals surface area contributed by atoms with Crippen LogP contribution in [0.25, 0.3) is 0 Å². The second-order valence-electron chi connectivity index (χ2n) is 4.33. The van der Waals surface area contributed by atoms with Crippen LogP contribution < -0.4 is 14.8 Å². The van der Waals surface area contributed by atoms with Gasteiger partial charge in [-0.3, -0.25) is 0 Å². The van der Waals surface area contributed by atoms with Crippen molar-refractivity contribution >= 4 is 21.6 Å². The first-order valence-corrected chi connectivity index (χ1v) is 6.97. The monoisotopic (exact) mass is 355 g/mol. The molecule has 2 rings (SSSR count). The molecule has 0 aromatic heterocycles. The van der Waals surface area contributed by atoms with Crippen LogP contribution in [0.15, 0.2) is 34.8 Å². The quantitative estimate of drug-likeness (QED) is 0.798. The first-order valence-electron chi connectivity index (χ1n) is 6.18. The third-order valence-electron chi connectivity index (χ3n) is 2.94.